The molecule has 1 aromatic rings. The fourth-order valence-corrected chi connectivity index (χ4v) is 2.06. The van der Waals surface area contributed by atoms with Gasteiger partial charge in [-0.3, -0.25) is 9.59 Å². The third kappa shape index (κ3) is 2.61. The van der Waals surface area contributed by atoms with Gasteiger partial charge in [-0.1, -0.05) is 0 Å². The number of ether oxygens (including phenoxy) is 2. The van der Waals surface area contributed by atoms with E-state index in [2.05, 4.69) is 5.32 Å². The highest BCUT2D eigenvalue weighted by atomic mass is 16.5. The summed E-state index contributed by atoms with van der Waals surface area (Å²) in [5.41, 5.74) is 0.589. The summed E-state index contributed by atoms with van der Waals surface area (Å²) in [4.78, 5) is 24.1. The predicted molar refractivity (Wildman–Crippen MR) is 74.7 cm³/mol. The minimum absolute atomic E-state index is 0.287. The van der Waals surface area contributed by atoms with Crippen LogP contribution in [0.2, 0.25) is 0 Å². The number of methoxy groups -OCH3 is 1. The molecule has 0 aliphatic heterocycles. The van der Waals surface area contributed by atoms with Crippen LogP contribution in [-0.4, -0.2) is 25.6 Å². The molecular weight excluding hydrogens is 258 g/mol. The maximum absolute atomic E-state index is 12.3. The van der Waals surface area contributed by atoms with E-state index in [-0.39, 0.29) is 12.5 Å². The molecule has 1 aromatic carbocycles. The number of esters is 1. The first-order valence-electron chi connectivity index (χ1n) is 6.67. The van der Waals surface area contributed by atoms with E-state index in [4.69, 9.17) is 9.47 Å². The van der Waals surface area contributed by atoms with Crippen LogP contribution >= 0.6 is 0 Å². The standard InChI is InChI=1S/C15H19NO4/c1-4-20-14(18)15(7-8-15)13(17)16-12-6-5-11(19-3)9-10(12)2/h5-6,9H,4,7-8H2,1-3H3,(H,16,17). The second kappa shape index (κ2) is 5.53. The van der Waals surface area contributed by atoms with Crippen LogP contribution < -0.4 is 10.1 Å². The Labute approximate surface area is 118 Å². The predicted octanol–water partition coefficient (Wildman–Crippen LogP) is 2.29. The van der Waals surface area contributed by atoms with Crippen molar-refractivity contribution in [3.63, 3.8) is 0 Å². The van der Waals surface area contributed by atoms with Gasteiger partial charge in [0.05, 0.1) is 13.7 Å². The van der Waals surface area contributed by atoms with Crippen molar-refractivity contribution in [2.24, 2.45) is 5.41 Å². The zero-order valence-electron chi connectivity index (χ0n) is 12.0. The highest BCUT2D eigenvalue weighted by molar-refractivity contribution is 6.11. The number of hydrogen-bond acceptors (Lipinski definition) is 4. The van der Waals surface area contributed by atoms with Crippen molar-refractivity contribution in [2.45, 2.75) is 26.7 Å². The minimum atomic E-state index is -0.984. The van der Waals surface area contributed by atoms with Crippen LogP contribution in [0.1, 0.15) is 25.3 Å². The van der Waals surface area contributed by atoms with Crippen molar-refractivity contribution in [3.8, 4) is 5.75 Å². The van der Waals surface area contributed by atoms with Gasteiger partial charge in [0.2, 0.25) is 5.91 Å². The van der Waals surface area contributed by atoms with Gasteiger partial charge in [0.1, 0.15) is 11.2 Å². The van der Waals surface area contributed by atoms with E-state index < -0.39 is 11.4 Å². The zero-order chi connectivity index (χ0) is 14.8. The molecule has 108 valence electrons. The van der Waals surface area contributed by atoms with Gasteiger partial charge in [-0.25, -0.2) is 0 Å². The molecule has 0 heterocycles. The number of rotatable bonds is 5. The maximum atomic E-state index is 12.3. The Hall–Kier alpha value is -2.04. The quantitative estimate of drug-likeness (QED) is 0.662. The number of hydrogen-bond donors (Lipinski definition) is 1. The molecule has 2 rings (SSSR count). The summed E-state index contributed by atoms with van der Waals surface area (Å²) < 4.78 is 10.1. The van der Waals surface area contributed by atoms with Crippen molar-refractivity contribution in [3.05, 3.63) is 23.8 Å². The number of anilines is 1. The molecule has 20 heavy (non-hydrogen) atoms. The summed E-state index contributed by atoms with van der Waals surface area (Å²) in [5.74, 6) is 0.0138. The Morgan fingerprint density at radius 3 is 2.55 bits per heavy atom. The molecule has 1 saturated carbocycles. The second-order valence-electron chi connectivity index (χ2n) is 4.94. The largest absolute Gasteiger partial charge is 0.497 e. The van der Waals surface area contributed by atoms with Crippen molar-refractivity contribution in [2.75, 3.05) is 19.0 Å². The van der Waals surface area contributed by atoms with E-state index in [9.17, 15) is 9.59 Å². The molecule has 1 amide bonds. The molecule has 0 spiro atoms. The molecule has 1 aliphatic rings. The molecule has 0 radical (unpaired) electrons. The minimum Gasteiger partial charge on any atom is -0.497 e. The Kier molecular flexibility index (Phi) is 3.97. The normalized spacial score (nSPS) is 15.3. The van der Waals surface area contributed by atoms with Crippen LogP contribution in [0.15, 0.2) is 18.2 Å². The molecule has 1 aliphatic carbocycles. The van der Waals surface area contributed by atoms with Crippen molar-refractivity contribution in [1.82, 2.24) is 0 Å². The zero-order valence-corrected chi connectivity index (χ0v) is 12.0. The number of benzene rings is 1. The van der Waals surface area contributed by atoms with Crippen molar-refractivity contribution >= 4 is 17.6 Å². The fraction of sp³-hybridized carbons (Fsp3) is 0.467. The lowest BCUT2D eigenvalue weighted by Crippen LogP contribution is -2.33. The van der Waals surface area contributed by atoms with E-state index >= 15 is 0 Å². The van der Waals surface area contributed by atoms with Gasteiger partial charge in [-0.05, 0) is 50.5 Å². The maximum Gasteiger partial charge on any atom is 0.321 e. The van der Waals surface area contributed by atoms with Gasteiger partial charge in [-0.15, -0.1) is 0 Å². The Morgan fingerprint density at radius 2 is 2.05 bits per heavy atom. The SMILES string of the molecule is CCOC(=O)C1(C(=O)Nc2ccc(OC)cc2C)CC1. The number of amides is 1. The summed E-state index contributed by atoms with van der Waals surface area (Å²) in [5, 5.41) is 2.81. The Balaban J connectivity index is 2.10. The topological polar surface area (TPSA) is 64.6 Å². The number of aryl methyl sites for hydroxylation is 1. The average Bonchev–Trinajstić information content (AvgIpc) is 3.23. The lowest BCUT2D eigenvalue weighted by molar-refractivity contribution is -0.152. The van der Waals surface area contributed by atoms with Gasteiger partial charge in [0.25, 0.3) is 0 Å². The van der Waals surface area contributed by atoms with Gasteiger partial charge >= 0.3 is 5.97 Å². The van der Waals surface area contributed by atoms with E-state index in [0.29, 0.717) is 18.5 Å². The number of nitrogens with one attached hydrogen (secondary N) is 1. The van der Waals surface area contributed by atoms with E-state index in [1.54, 1.807) is 26.2 Å². The van der Waals surface area contributed by atoms with Crippen LogP contribution in [0.3, 0.4) is 0 Å². The summed E-state index contributed by atoms with van der Waals surface area (Å²) in [7, 11) is 1.59. The molecule has 1 fully saturated rings. The molecule has 1 N–H and O–H groups in total. The lowest BCUT2D eigenvalue weighted by Gasteiger charge is -2.15. The van der Waals surface area contributed by atoms with Crippen molar-refractivity contribution in [1.29, 1.82) is 0 Å². The van der Waals surface area contributed by atoms with Crippen molar-refractivity contribution < 1.29 is 19.1 Å². The van der Waals surface area contributed by atoms with E-state index in [0.717, 1.165) is 11.3 Å². The molecule has 0 aromatic heterocycles. The fourth-order valence-electron chi connectivity index (χ4n) is 2.06. The Bertz CT molecular complexity index is 535. The average molecular weight is 277 g/mol. The summed E-state index contributed by atoms with van der Waals surface area (Å²) in [6.45, 7) is 3.90. The van der Waals surface area contributed by atoms with Gasteiger partial charge in [0.15, 0.2) is 0 Å². The third-order valence-corrected chi connectivity index (χ3v) is 3.53. The monoisotopic (exact) mass is 277 g/mol. The third-order valence-electron chi connectivity index (χ3n) is 3.53. The van der Waals surface area contributed by atoms with E-state index in [1.807, 2.05) is 13.0 Å². The smallest absolute Gasteiger partial charge is 0.321 e. The van der Waals surface area contributed by atoms with Gasteiger partial charge in [0, 0.05) is 5.69 Å². The number of carbonyl (C=O) groups is 2. The second-order valence-corrected chi connectivity index (χ2v) is 4.94. The summed E-state index contributed by atoms with van der Waals surface area (Å²) in [6.07, 6.45) is 1.10. The molecule has 0 atom stereocenters. The first-order valence-corrected chi connectivity index (χ1v) is 6.67. The van der Waals surface area contributed by atoms with Gasteiger partial charge in [-0.2, -0.15) is 0 Å². The summed E-state index contributed by atoms with van der Waals surface area (Å²) >= 11 is 0. The molecule has 5 heteroatoms. The number of carbonyl (C=O) groups excluding carboxylic acids is 2. The van der Waals surface area contributed by atoms with Crippen LogP contribution in [0.4, 0.5) is 5.69 Å². The molecule has 5 nitrogen and oxygen atoms in total. The molecule has 0 saturated heterocycles. The highest BCUT2D eigenvalue weighted by Crippen LogP contribution is 2.47. The molecular formula is C15H19NO4. The first kappa shape index (κ1) is 14.4. The van der Waals surface area contributed by atoms with Crippen LogP contribution in [-0.2, 0) is 14.3 Å². The van der Waals surface area contributed by atoms with Crippen LogP contribution in [0.5, 0.6) is 5.75 Å². The van der Waals surface area contributed by atoms with E-state index in [1.165, 1.54) is 0 Å². The molecule has 0 unspecified atom stereocenters. The van der Waals surface area contributed by atoms with Gasteiger partial charge < -0.3 is 14.8 Å². The summed E-state index contributed by atoms with van der Waals surface area (Å²) in [6, 6.07) is 5.37. The Morgan fingerprint density at radius 1 is 1.35 bits per heavy atom. The van der Waals surface area contributed by atoms with Crippen LogP contribution in [0.25, 0.3) is 0 Å². The first-order chi connectivity index (χ1) is 9.53. The lowest BCUT2D eigenvalue weighted by atomic mass is 10.1. The van der Waals surface area contributed by atoms with Crippen LogP contribution in [0, 0.1) is 12.3 Å². The highest BCUT2D eigenvalue weighted by Gasteiger charge is 2.58. The molecule has 0 bridgehead atoms.